The Morgan fingerprint density at radius 1 is 1.14 bits per heavy atom. The zero-order valence-electron chi connectivity index (χ0n) is 13.8. The average Bonchev–Trinajstić information content (AvgIpc) is 2.50. The van der Waals surface area contributed by atoms with Crippen molar-refractivity contribution in [3.05, 3.63) is 22.2 Å². The fraction of sp³-hybridized carbons (Fsp3) is 0.647. The van der Waals surface area contributed by atoms with Gasteiger partial charge in [-0.15, -0.1) is 0 Å². The van der Waals surface area contributed by atoms with E-state index in [0.29, 0.717) is 12.0 Å². The number of rotatable bonds is 9. The van der Waals surface area contributed by atoms with Crippen LogP contribution in [0.25, 0.3) is 0 Å². The van der Waals surface area contributed by atoms with Gasteiger partial charge in [0, 0.05) is 10.5 Å². The molecule has 1 aromatic carbocycles. The molecule has 21 heavy (non-hydrogen) atoms. The Hall–Kier alpha value is -0.740. The standard InChI is InChI=1S/C17H28BrNO2/c1-6-8-19-15(9-12(3)7-2)13-10-16(20-4)17(21-5)11-14(13)18/h10-12,15,19H,6-9H2,1-5H3. The summed E-state index contributed by atoms with van der Waals surface area (Å²) < 4.78 is 11.9. The monoisotopic (exact) mass is 357 g/mol. The van der Waals surface area contributed by atoms with Gasteiger partial charge in [-0.3, -0.25) is 0 Å². The van der Waals surface area contributed by atoms with E-state index < -0.39 is 0 Å². The molecule has 0 saturated heterocycles. The Morgan fingerprint density at radius 3 is 2.29 bits per heavy atom. The molecule has 4 heteroatoms. The zero-order valence-corrected chi connectivity index (χ0v) is 15.4. The normalized spacial score (nSPS) is 13.8. The Bertz CT molecular complexity index is 437. The highest BCUT2D eigenvalue weighted by molar-refractivity contribution is 9.10. The molecule has 2 atom stereocenters. The first-order valence-electron chi connectivity index (χ1n) is 7.72. The highest BCUT2D eigenvalue weighted by Gasteiger charge is 2.19. The van der Waals surface area contributed by atoms with Crippen LogP contribution in [-0.4, -0.2) is 20.8 Å². The van der Waals surface area contributed by atoms with E-state index in [0.717, 1.165) is 35.4 Å². The molecule has 2 unspecified atom stereocenters. The van der Waals surface area contributed by atoms with E-state index in [4.69, 9.17) is 9.47 Å². The lowest BCUT2D eigenvalue weighted by Crippen LogP contribution is -2.24. The Morgan fingerprint density at radius 2 is 1.76 bits per heavy atom. The predicted octanol–water partition coefficient (Wildman–Crippen LogP) is 4.94. The lowest BCUT2D eigenvalue weighted by molar-refractivity contribution is 0.351. The van der Waals surface area contributed by atoms with E-state index in [1.165, 1.54) is 12.0 Å². The quantitative estimate of drug-likeness (QED) is 0.678. The summed E-state index contributed by atoms with van der Waals surface area (Å²) in [6.45, 7) is 7.75. The first kappa shape index (κ1) is 18.3. The van der Waals surface area contributed by atoms with Crippen LogP contribution in [0.4, 0.5) is 0 Å². The smallest absolute Gasteiger partial charge is 0.161 e. The molecule has 0 aliphatic carbocycles. The first-order chi connectivity index (χ1) is 10.1. The van der Waals surface area contributed by atoms with Crippen molar-refractivity contribution < 1.29 is 9.47 Å². The molecule has 1 N–H and O–H groups in total. The van der Waals surface area contributed by atoms with E-state index in [9.17, 15) is 0 Å². The molecule has 3 nitrogen and oxygen atoms in total. The Kier molecular flexibility index (Phi) is 8.12. The predicted molar refractivity (Wildman–Crippen MR) is 92.4 cm³/mol. The molecule has 0 aliphatic heterocycles. The number of ether oxygens (including phenoxy) is 2. The highest BCUT2D eigenvalue weighted by Crippen LogP contribution is 2.37. The van der Waals surface area contributed by atoms with Crippen molar-refractivity contribution in [2.75, 3.05) is 20.8 Å². The van der Waals surface area contributed by atoms with Crippen LogP contribution < -0.4 is 14.8 Å². The van der Waals surface area contributed by atoms with Crippen molar-refractivity contribution in [2.24, 2.45) is 5.92 Å². The van der Waals surface area contributed by atoms with E-state index in [-0.39, 0.29) is 0 Å². The van der Waals surface area contributed by atoms with Crippen molar-refractivity contribution in [1.29, 1.82) is 0 Å². The van der Waals surface area contributed by atoms with Crippen LogP contribution in [0.2, 0.25) is 0 Å². The van der Waals surface area contributed by atoms with Crippen molar-refractivity contribution in [2.45, 2.75) is 46.1 Å². The summed E-state index contributed by atoms with van der Waals surface area (Å²) in [5, 5.41) is 3.65. The topological polar surface area (TPSA) is 30.5 Å². The molecule has 0 bridgehead atoms. The summed E-state index contributed by atoms with van der Waals surface area (Å²) in [6.07, 6.45) is 3.43. The van der Waals surface area contributed by atoms with Gasteiger partial charge >= 0.3 is 0 Å². The maximum Gasteiger partial charge on any atom is 0.161 e. The molecular formula is C17H28BrNO2. The lowest BCUT2D eigenvalue weighted by atomic mass is 9.94. The van der Waals surface area contributed by atoms with Gasteiger partial charge in [-0.2, -0.15) is 0 Å². The number of hydrogen-bond donors (Lipinski definition) is 1. The van der Waals surface area contributed by atoms with Gasteiger partial charge in [0.1, 0.15) is 0 Å². The van der Waals surface area contributed by atoms with Crippen molar-refractivity contribution in [1.82, 2.24) is 5.32 Å². The van der Waals surface area contributed by atoms with Crippen molar-refractivity contribution >= 4 is 15.9 Å². The van der Waals surface area contributed by atoms with Gasteiger partial charge in [-0.1, -0.05) is 43.1 Å². The van der Waals surface area contributed by atoms with Crippen LogP contribution in [0.1, 0.15) is 51.6 Å². The molecule has 1 rings (SSSR count). The Labute approximate surface area is 137 Å². The third-order valence-electron chi connectivity index (χ3n) is 3.85. The number of halogens is 1. The number of methoxy groups -OCH3 is 2. The fourth-order valence-electron chi connectivity index (χ4n) is 2.34. The van der Waals surface area contributed by atoms with Crippen LogP contribution in [0, 0.1) is 5.92 Å². The van der Waals surface area contributed by atoms with E-state index >= 15 is 0 Å². The van der Waals surface area contributed by atoms with Crippen molar-refractivity contribution in [3.63, 3.8) is 0 Å². The van der Waals surface area contributed by atoms with Gasteiger partial charge in [0.05, 0.1) is 14.2 Å². The van der Waals surface area contributed by atoms with Gasteiger partial charge in [0.15, 0.2) is 11.5 Å². The Balaban J connectivity index is 3.10. The molecule has 0 spiro atoms. The second kappa shape index (κ2) is 9.31. The second-order valence-electron chi connectivity index (χ2n) is 5.48. The van der Waals surface area contributed by atoms with E-state index in [1.54, 1.807) is 14.2 Å². The van der Waals surface area contributed by atoms with Gasteiger partial charge in [-0.05, 0) is 43.0 Å². The SMILES string of the molecule is CCCNC(CC(C)CC)c1cc(OC)c(OC)cc1Br. The first-order valence-corrected chi connectivity index (χ1v) is 8.51. The minimum Gasteiger partial charge on any atom is -0.493 e. The van der Waals surface area contributed by atoms with Gasteiger partial charge in [0.25, 0.3) is 0 Å². The second-order valence-corrected chi connectivity index (χ2v) is 6.34. The molecule has 120 valence electrons. The van der Waals surface area contributed by atoms with E-state index in [1.807, 2.05) is 6.07 Å². The molecule has 0 heterocycles. The third-order valence-corrected chi connectivity index (χ3v) is 4.54. The zero-order chi connectivity index (χ0) is 15.8. The van der Waals surface area contributed by atoms with Crippen LogP contribution in [0.3, 0.4) is 0 Å². The summed E-state index contributed by atoms with van der Waals surface area (Å²) in [4.78, 5) is 0. The highest BCUT2D eigenvalue weighted by atomic mass is 79.9. The van der Waals surface area contributed by atoms with Crippen LogP contribution in [0.15, 0.2) is 16.6 Å². The minimum absolute atomic E-state index is 0.328. The number of hydrogen-bond acceptors (Lipinski definition) is 3. The lowest BCUT2D eigenvalue weighted by Gasteiger charge is -2.24. The molecule has 0 saturated carbocycles. The maximum absolute atomic E-state index is 5.44. The van der Waals surface area contributed by atoms with Gasteiger partial charge < -0.3 is 14.8 Å². The summed E-state index contributed by atoms with van der Waals surface area (Å²) in [6, 6.07) is 4.40. The van der Waals surface area contributed by atoms with E-state index in [2.05, 4.69) is 48.1 Å². The fourth-order valence-corrected chi connectivity index (χ4v) is 2.94. The molecular weight excluding hydrogens is 330 g/mol. The number of nitrogens with one attached hydrogen (secondary N) is 1. The molecule has 0 radical (unpaired) electrons. The van der Waals surface area contributed by atoms with Crippen LogP contribution in [0.5, 0.6) is 11.5 Å². The third kappa shape index (κ3) is 5.19. The van der Waals surface area contributed by atoms with Crippen molar-refractivity contribution in [3.8, 4) is 11.5 Å². The molecule has 0 fully saturated rings. The van der Waals surface area contributed by atoms with Gasteiger partial charge in [0.2, 0.25) is 0 Å². The molecule has 0 aromatic heterocycles. The molecule has 0 aliphatic rings. The maximum atomic E-state index is 5.44. The van der Waals surface area contributed by atoms with Crippen LogP contribution >= 0.6 is 15.9 Å². The largest absolute Gasteiger partial charge is 0.493 e. The summed E-state index contributed by atoms with van der Waals surface area (Å²) >= 11 is 3.68. The number of benzene rings is 1. The summed E-state index contributed by atoms with van der Waals surface area (Å²) in [5.74, 6) is 2.22. The molecule has 1 aromatic rings. The summed E-state index contributed by atoms with van der Waals surface area (Å²) in [7, 11) is 3.34. The molecule has 0 amide bonds. The minimum atomic E-state index is 0.328. The van der Waals surface area contributed by atoms with Gasteiger partial charge in [-0.25, -0.2) is 0 Å². The van der Waals surface area contributed by atoms with Crippen LogP contribution in [-0.2, 0) is 0 Å². The summed E-state index contributed by atoms with van der Waals surface area (Å²) in [5.41, 5.74) is 1.24. The average molecular weight is 358 g/mol.